The normalized spacial score (nSPS) is 13.9. The summed E-state index contributed by atoms with van der Waals surface area (Å²) in [6, 6.07) is 4.11. The van der Waals surface area contributed by atoms with Crippen molar-refractivity contribution in [2.75, 3.05) is 0 Å². The molecule has 0 aromatic carbocycles. The van der Waals surface area contributed by atoms with Crippen molar-refractivity contribution in [1.82, 2.24) is 4.98 Å². The van der Waals surface area contributed by atoms with Crippen LogP contribution >= 0.6 is 0 Å². The van der Waals surface area contributed by atoms with Gasteiger partial charge in [-0.2, -0.15) is 0 Å². The molecule has 2 nitrogen and oxygen atoms in total. The third-order valence-electron chi connectivity index (χ3n) is 2.68. The smallest absolute Gasteiger partial charge is 0.179 e. The summed E-state index contributed by atoms with van der Waals surface area (Å²) in [7, 11) is -1.10. The van der Waals surface area contributed by atoms with E-state index in [0.29, 0.717) is 5.04 Å². The number of hydrogen-bond donors (Lipinski definition) is 0. The van der Waals surface area contributed by atoms with Crippen LogP contribution < -0.4 is 0 Å². The maximum absolute atomic E-state index is 5.96. The number of aryl methyl sites for hydroxylation is 1. The molecule has 0 saturated carbocycles. The molecule has 0 bridgehead atoms. The van der Waals surface area contributed by atoms with Crippen molar-refractivity contribution in [3.05, 3.63) is 29.6 Å². The van der Waals surface area contributed by atoms with Crippen molar-refractivity contribution >= 4 is 9.04 Å². The summed E-state index contributed by atoms with van der Waals surface area (Å²) >= 11 is 0. The number of pyridine rings is 1. The minimum atomic E-state index is -1.10. The summed E-state index contributed by atoms with van der Waals surface area (Å²) in [5, 5.41) is 0.335. The Hall–Kier alpha value is -0.673. The highest BCUT2D eigenvalue weighted by Crippen LogP contribution is 2.27. The predicted octanol–water partition coefficient (Wildman–Crippen LogP) is 3.06. The van der Waals surface area contributed by atoms with Crippen LogP contribution in [0.2, 0.25) is 11.6 Å². The molecule has 1 rings (SSSR count). The quantitative estimate of drug-likeness (QED) is 0.735. The summed E-state index contributed by atoms with van der Waals surface area (Å²) in [6.07, 6.45) is 1.84. The van der Waals surface area contributed by atoms with Crippen LogP contribution in [-0.4, -0.2) is 14.0 Å². The van der Waals surface area contributed by atoms with Crippen molar-refractivity contribution in [2.45, 2.75) is 45.9 Å². The molecule has 1 aromatic rings. The van der Waals surface area contributed by atoms with Crippen LogP contribution in [0.15, 0.2) is 18.3 Å². The fourth-order valence-electron chi connectivity index (χ4n) is 1.17. The van der Waals surface area contributed by atoms with E-state index >= 15 is 0 Å². The molecule has 1 atom stereocenters. The van der Waals surface area contributed by atoms with E-state index in [0.717, 1.165) is 12.3 Å². The van der Waals surface area contributed by atoms with E-state index in [2.05, 4.69) is 38.4 Å². The molecule has 0 amide bonds. The standard InChI is InChI=1S/C12H21NOSi/c1-10-8-11(6-7-13-10)9-14-15(5)12(2,3)4/h6-8,15H,9H2,1-5H3. The fourth-order valence-corrected chi connectivity index (χ4v) is 2.11. The monoisotopic (exact) mass is 223 g/mol. The highest BCUT2D eigenvalue weighted by atomic mass is 28.3. The van der Waals surface area contributed by atoms with Gasteiger partial charge in [-0.05, 0) is 36.2 Å². The Balaban J connectivity index is 2.51. The Morgan fingerprint density at radius 1 is 1.40 bits per heavy atom. The van der Waals surface area contributed by atoms with E-state index in [9.17, 15) is 0 Å². The second-order valence-electron chi connectivity index (χ2n) is 5.12. The Bertz CT molecular complexity index is 320. The van der Waals surface area contributed by atoms with Crippen molar-refractivity contribution in [2.24, 2.45) is 0 Å². The summed E-state index contributed by atoms with van der Waals surface area (Å²) in [6.45, 7) is 11.8. The molecule has 84 valence electrons. The average Bonchev–Trinajstić information content (AvgIpc) is 2.12. The number of hydrogen-bond acceptors (Lipinski definition) is 2. The first-order chi connectivity index (χ1) is 6.89. The molecular weight excluding hydrogens is 202 g/mol. The third kappa shape index (κ3) is 4.14. The molecular formula is C12H21NOSi. The molecule has 1 heterocycles. The lowest BCUT2D eigenvalue weighted by Gasteiger charge is -2.25. The van der Waals surface area contributed by atoms with Gasteiger partial charge in [0.25, 0.3) is 0 Å². The van der Waals surface area contributed by atoms with Gasteiger partial charge in [-0.1, -0.05) is 20.8 Å². The minimum Gasteiger partial charge on any atom is -0.416 e. The van der Waals surface area contributed by atoms with Crippen molar-refractivity contribution in [1.29, 1.82) is 0 Å². The highest BCUT2D eigenvalue weighted by Gasteiger charge is 2.22. The first kappa shape index (κ1) is 12.4. The molecule has 3 heteroatoms. The lowest BCUT2D eigenvalue weighted by molar-refractivity contribution is 0.294. The second kappa shape index (κ2) is 4.90. The summed E-state index contributed by atoms with van der Waals surface area (Å²) in [5.74, 6) is 0. The molecule has 1 aromatic heterocycles. The van der Waals surface area contributed by atoms with Gasteiger partial charge in [-0.3, -0.25) is 4.98 Å². The van der Waals surface area contributed by atoms with Gasteiger partial charge in [-0.25, -0.2) is 0 Å². The van der Waals surface area contributed by atoms with E-state index < -0.39 is 9.04 Å². The minimum absolute atomic E-state index is 0.335. The van der Waals surface area contributed by atoms with Gasteiger partial charge in [0.05, 0.1) is 6.61 Å². The van der Waals surface area contributed by atoms with E-state index in [4.69, 9.17) is 4.43 Å². The van der Waals surface area contributed by atoms with Gasteiger partial charge in [-0.15, -0.1) is 0 Å². The lowest BCUT2D eigenvalue weighted by atomic mass is 10.2. The molecule has 0 spiro atoms. The predicted molar refractivity (Wildman–Crippen MR) is 66.5 cm³/mol. The summed E-state index contributed by atoms with van der Waals surface area (Å²) < 4.78 is 5.96. The molecule has 0 aliphatic heterocycles. The number of aromatic nitrogens is 1. The second-order valence-corrected chi connectivity index (χ2v) is 8.47. The Morgan fingerprint density at radius 2 is 2.07 bits per heavy atom. The maximum Gasteiger partial charge on any atom is 0.179 e. The summed E-state index contributed by atoms with van der Waals surface area (Å²) in [4.78, 5) is 4.17. The van der Waals surface area contributed by atoms with Crippen LogP contribution in [0.4, 0.5) is 0 Å². The SMILES string of the molecule is Cc1cc(CO[SiH](C)C(C)(C)C)ccn1. The lowest BCUT2D eigenvalue weighted by Crippen LogP contribution is -2.25. The van der Waals surface area contributed by atoms with Gasteiger partial charge in [0.1, 0.15) is 0 Å². The van der Waals surface area contributed by atoms with E-state index in [1.807, 2.05) is 19.2 Å². The molecule has 0 aliphatic carbocycles. The molecule has 1 unspecified atom stereocenters. The molecule has 15 heavy (non-hydrogen) atoms. The largest absolute Gasteiger partial charge is 0.416 e. The molecule has 0 radical (unpaired) electrons. The Labute approximate surface area is 94.4 Å². The van der Waals surface area contributed by atoms with Gasteiger partial charge >= 0.3 is 0 Å². The molecule has 0 N–H and O–H groups in total. The molecule has 0 aliphatic rings. The Morgan fingerprint density at radius 3 is 2.60 bits per heavy atom. The zero-order valence-corrected chi connectivity index (χ0v) is 11.5. The maximum atomic E-state index is 5.96. The Kier molecular flexibility index (Phi) is 4.05. The topological polar surface area (TPSA) is 22.1 Å². The zero-order chi connectivity index (χ0) is 11.5. The van der Waals surface area contributed by atoms with E-state index in [1.54, 1.807) is 0 Å². The van der Waals surface area contributed by atoms with Crippen LogP contribution in [0, 0.1) is 6.92 Å². The molecule has 0 saturated heterocycles. The van der Waals surface area contributed by atoms with Crippen LogP contribution in [0.25, 0.3) is 0 Å². The van der Waals surface area contributed by atoms with Gasteiger partial charge in [0.2, 0.25) is 0 Å². The number of rotatable bonds is 3. The van der Waals surface area contributed by atoms with Gasteiger partial charge in [0, 0.05) is 11.9 Å². The average molecular weight is 223 g/mol. The first-order valence-electron chi connectivity index (χ1n) is 5.43. The van der Waals surface area contributed by atoms with Crippen LogP contribution in [-0.2, 0) is 11.0 Å². The van der Waals surface area contributed by atoms with Crippen molar-refractivity contribution in [3.63, 3.8) is 0 Å². The third-order valence-corrected chi connectivity index (χ3v) is 5.79. The van der Waals surface area contributed by atoms with Crippen molar-refractivity contribution in [3.8, 4) is 0 Å². The van der Waals surface area contributed by atoms with Crippen LogP contribution in [0.3, 0.4) is 0 Å². The van der Waals surface area contributed by atoms with E-state index in [-0.39, 0.29) is 0 Å². The van der Waals surface area contributed by atoms with Gasteiger partial charge < -0.3 is 4.43 Å². The first-order valence-corrected chi connectivity index (χ1v) is 7.63. The number of nitrogens with zero attached hydrogens (tertiary/aromatic N) is 1. The van der Waals surface area contributed by atoms with Crippen LogP contribution in [0.1, 0.15) is 32.0 Å². The summed E-state index contributed by atoms with van der Waals surface area (Å²) in [5.41, 5.74) is 2.28. The van der Waals surface area contributed by atoms with Gasteiger partial charge in [0.15, 0.2) is 9.04 Å². The fraction of sp³-hybridized carbons (Fsp3) is 0.583. The zero-order valence-electron chi connectivity index (χ0n) is 10.4. The highest BCUT2D eigenvalue weighted by molar-refractivity contribution is 6.53. The van der Waals surface area contributed by atoms with E-state index in [1.165, 1.54) is 5.56 Å². The molecule has 0 fully saturated rings. The van der Waals surface area contributed by atoms with Crippen LogP contribution in [0.5, 0.6) is 0 Å². The van der Waals surface area contributed by atoms with Crippen molar-refractivity contribution < 1.29 is 4.43 Å².